The molecule has 0 spiro atoms. The lowest BCUT2D eigenvalue weighted by molar-refractivity contribution is -0.113. The molecule has 0 aliphatic rings. The maximum Gasteiger partial charge on any atom is 0.243 e. The van der Waals surface area contributed by atoms with Gasteiger partial charge in [-0.25, -0.2) is 26.5 Å². The second-order valence-corrected chi connectivity index (χ2v) is 13.0. The minimum absolute atomic E-state index is 0.0234. The first-order valence-corrected chi connectivity index (χ1v) is 16.0. The number of hydrogen-bond acceptors (Lipinski definition) is 7. The summed E-state index contributed by atoms with van der Waals surface area (Å²) in [7, 11) is -7.28. The lowest BCUT2D eigenvalue weighted by Gasteiger charge is -2.20. The summed E-state index contributed by atoms with van der Waals surface area (Å²) in [5, 5.41) is 3.21. The zero-order valence-corrected chi connectivity index (χ0v) is 23.8. The minimum atomic E-state index is -3.67. The van der Waals surface area contributed by atoms with E-state index in [0.717, 1.165) is 24.6 Å². The fraction of sp³-hybridized carbons (Fsp3) is 0.417. The van der Waals surface area contributed by atoms with Gasteiger partial charge in [-0.15, -0.1) is 0 Å². The molecule has 0 fully saturated rings. The number of H-pyrrole nitrogens is 1. The lowest BCUT2D eigenvalue weighted by atomic mass is 10.2. The third-order valence-corrected chi connectivity index (χ3v) is 10.2. The van der Waals surface area contributed by atoms with Crippen LogP contribution in [0.25, 0.3) is 11.0 Å². The Hall–Kier alpha value is -2.45. The topological polar surface area (TPSA) is 141 Å². The molecule has 1 amide bonds. The van der Waals surface area contributed by atoms with Gasteiger partial charge in [-0.05, 0) is 49.2 Å². The number of fused-ring (bicyclic) bond motifs is 1. The van der Waals surface area contributed by atoms with Gasteiger partial charge in [0.25, 0.3) is 0 Å². The molecule has 3 rings (SSSR count). The summed E-state index contributed by atoms with van der Waals surface area (Å²) >= 11 is 1.16. The zero-order valence-electron chi connectivity index (χ0n) is 21.4. The number of sulfonamides is 2. The number of nitrogens with one attached hydrogen (secondary N) is 3. The molecule has 0 saturated heterocycles. The number of aromatic amines is 1. The Bertz CT molecular complexity index is 1470. The Morgan fingerprint density at radius 2 is 1.78 bits per heavy atom. The summed E-state index contributed by atoms with van der Waals surface area (Å²) in [6.07, 6.45) is 1.64. The first-order valence-electron chi connectivity index (χ1n) is 12.0. The van der Waals surface area contributed by atoms with Crippen molar-refractivity contribution in [3.63, 3.8) is 0 Å². The molecule has 0 aliphatic heterocycles. The first-order chi connectivity index (χ1) is 17.5. The number of carbonyl (C=O) groups excluding carboxylic acids is 1. The molecule has 2 aromatic carbocycles. The largest absolute Gasteiger partial charge is 0.333 e. The van der Waals surface area contributed by atoms with Crippen molar-refractivity contribution in [1.29, 1.82) is 0 Å². The summed E-state index contributed by atoms with van der Waals surface area (Å²) in [6, 6.07) is 9.44. The summed E-state index contributed by atoms with van der Waals surface area (Å²) in [4.78, 5) is 20.4. The highest BCUT2D eigenvalue weighted by Crippen LogP contribution is 2.25. The molecule has 0 bridgehead atoms. The van der Waals surface area contributed by atoms with Gasteiger partial charge in [-0.2, -0.15) is 4.31 Å². The quantitative estimate of drug-likeness (QED) is 0.211. The predicted molar refractivity (Wildman–Crippen MR) is 147 cm³/mol. The van der Waals surface area contributed by atoms with Crippen LogP contribution in [0.3, 0.4) is 0 Å². The van der Waals surface area contributed by atoms with Crippen molar-refractivity contribution in [3.05, 3.63) is 42.0 Å². The summed E-state index contributed by atoms with van der Waals surface area (Å²) < 4.78 is 54.8. The van der Waals surface area contributed by atoms with Crippen molar-refractivity contribution in [3.8, 4) is 0 Å². The van der Waals surface area contributed by atoms with E-state index in [9.17, 15) is 21.6 Å². The number of aromatic nitrogens is 2. The molecule has 3 N–H and O–H groups in total. The van der Waals surface area contributed by atoms with Crippen LogP contribution in [-0.4, -0.2) is 62.4 Å². The predicted octanol–water partition coefficient (Wildman–Crippen LogP) is 3.71. The van der Waals surface area contributed by atoms with Gasteiger partial charge in [0.15, 0.2) is 5.16 Å². The monoisotopic (exact) mass is 567 g/mol. The van der Waals surface area contributed by atoms with E-state index in [0.29, 0.717) is 47.1 Å². The molecule has 202 valence electrons. The van der Waals surface area contributed by atoms with Gasteiger partial charge < -0.3 is 10.3 Å². The highest BCUT2D eigenvalue weighted by atomic mass is 32.2. The minimum Gasteiger partial charge on any atom is -0.333 e. The molecule has 0 saturated carbocycles. The average Bonchev–Trinajstić information content (AvgIpc) is 3.27. The molecule has 13 heteroatoms. The summed E-state index contributed by atoms with van der Waals surface area (Å²) in [5.74, 6) is -0.306. The van der Waals surface area contributed by atoms with Gasteiger partial charge in [0.2, 0.25) is 26.0 Å². The van der Waals surface area contributed by atoms with E-state index in [1.165, 1.54) is 22.5 Å². The zero-order chi connectivity index (χ0) is 27.2. The Labute approximate surface area is 222 Å². The van der Waals surface area contributed by atoms with Crippen LogP contribution in [0.2, 0.25) is 0 Å². The molecule has 0 aliphatic carbocycles. The fourth-order valence-electron chi connectivity index (χ4n) is 3.66. The van der Waals surface area contributed by atoms with Crippen molar-refractivity contribution in [1.82, 2.24) is 19.0 Å². The Morgan fingerprint density at radius 3 is 2.46 bits per heavy atom. The number of benzene rings is 2. The molecular formula is C24H33N5O5S3. The number of thioether (sulfide) groups is 1. The van der Waals surface area contributed by atoms with Crippen LogP contribution in [0, 0.1) is 6.92 Å². The van der Waals surface area contributed by atoms with E-state index in [2.05, 4.69) is 20.0 Å². The van der Waals surface area contributed by atoms with Crippen molar-refractivity contribution in [2.75, 3.05) is 30.7 Å². The maximum atomic E-state index is 13.0. The third-order valence-electron chi connectivity index (χ3n) is 5.70. The van der Waals surface area contributed by atoms with E-state index in [1.54, 1.807) is 39.0 Å². The summed E-state index contributed by atoms with van der Waals surface area (Å²) in [5.41, 5.74) is 2.12. The molecule has 1 heterocycles. The maximum absolute atomic E-state index is 13.0. The van der Waals surface area contributed by atoms with Crippen LogP contribution < -0.4 is 10.0 Å². The number of carbonyl (C=O) groups is 1. The SMILES string of the molecule is CCCCNS(=O)(=O)c1ccc2nc(SCC(=O)Nc3ccc(C)c(S(=O)(=O)N(CC)CC)c3)[nH]c2c1. The Morgan fingerprint density at radius 1 is 1.05 bits per heavy atom. The molecular weight excluding hydrogens is 534 g/mol. The number of amides is 1. The number of hydrogen-bond donors (Lipinski definition) is 3. The van der Waals surface area contributed by atoms with Crippen molar-refractivity contribution < 1.29 is 21.6 Å². The Kier molecular flexibility index (Phi) is 9.75. The highest BCUT2D eigenvalue weighted by molar-refractivity contribution is 7.99. The molecule has 0 radical (unpaired) electrons. The van der Waals surface area contributed by atoms with Crippen molar-refractivity contribution >= 4 is 54.4 Å². The molecule has 0 atom stereocenters. The smallest absolute Gasteiger partial charge is 0.243 e. The van der Waals surface area contributed by atoms with E-state index in [1.807, 2.05) is 6.92 Å². The van der Waals surface area contributed by atoms with Crippen molar-refractivity contribution in [2.45, 2.75) is 55.5 Å². The van der Waals surface area contributed by atoms with Gasteiger partial charge in [0, 0.05) is 25.3 Å². The Balaban J connectivity index is 1.68. The van der Waals surface area contributed by atoms with E-state index in [-0.39, 0.29) is 21.5 Å². The van der Waals surface area contributed by atoms with E-state index in [4.69, 9.17) is 0 Å². The third kappa shape index (κ3) is 7.11. The number of aryl methyl sites for hydroxylation is 1. The lowest BCUT2D eigenvalue weighted by Crippen LogP contribution is -2.31. The van der Waals surface area contributed by atoms with Gasteiger partial charge >= 0.3 is 0 Å². The van der Waals surface area contributed by atoms with Gasteiger partial charge in [0.05, 0.1) is 26.6 Å². The molecule has 1 aromatic heterocycles. The number of anilines is 1. The van der Waals surface area contributed by atoms with Crippen LogP contribution in [0.1, 0.15) is 39.2 Å². The van der Waals surface area contributed by atoms with Crippen LogP contribution >= 0.6 is 11.8 Å². The summed E-state index contributed by atoms with van der Waals surface area (Å²) in [6.45, 7) is 8.35. The van der Waals surface area contributed by atoms with Gasteiger partial charge in [-0.3, -0.25) is 4.79 Å². The molecule has 3 aromatic rings. The van der Waals surface area contributed by atoms with Crippen LogP contribution in [0.5, 0.6) is 0 Å². The van der Waals surface area contributed by atoms with Crippen LogP contribution in [-0.2, 0) is 24.8 Å². The highest BCUT2D eigenvalue weighted by Gasteiger charge is 2.24. The molecule has 37 heavy (non-hydrogen) atoms. The number of nitrogens with zero attached hydrogens (tertiary/aromatic N) is 2. The van der Waals surface area contributed by atoms with Gasteiger partial charge in [-0.1, -0.05) is 45.0 Å². The van der Waals surface area contributed by atoms with E-state index < -0.39 is 20.0 Å². The van der Waals surface area contributed by atoms with Gasteiger partial charge in [0.1, 0.15) is 0 Å². The second-order valence-electron chi connectivity index (χ2n) is 8.38. The molecule has 0 unspecified atom stereocenters. The average molecular weight is 568 g/mol. The van der Waals surface area contributed by atoms with Crippen LogP contribution in [0.4, 0.5) is 5.69 Å². The number of imidazole rings is 1. The normalized spacial score (nSPS) is 12.4. The fourth-order valence-corrected chi connectivity index (χ4v) is 7.15. The van der Waals surface area contributed by atoms with E-state index >= 15 is 0 Å². The van der Waals surface area contributed by atoms with Crippen molar-refractivity contribution in [2.24, 2.45) is 0 Å². The first kappa shape index (κ1) is 29.1. The number of unbranched alkanes of at least 4 members (excludes halogenated alkanes) is 1. The number of rotatable bonds is 13. The molecule has 10 nitrogen and oxygen atoms in total. The van der Waals surface area contributed by atoms with Crippen LogP contribution in [0.15, 0.2) is 51.3 Å². The second kappa shape index (κ2) is 12.4. The standard InChI is InChI=1S/C24H33N5O5S3/c1-5-8-13-25-36(31,32)19-11-12-20-21(15-19)28-24(27-20)35-16-23(30)26-18-10-9-17(4)22(14-18)37(33,34)29(6-2)7-3/h9-12,14-15,25H,5-8,13,16H2,1-4H3,(H,26,30)(H,27,28).